The summed E-state index contributed by atoms with van der Waals surface area (Å²) in [5, 5.41) is 3.12. The number of benzene rings is 1. The minimum Gasteiger partial charge on any atom is -0.366 e. The number of amides is 1. The second-order valence-electron chi connectivity index (χ2n) is 5.30. The summed E-state index contributed by atoms with van der Waals surface area (Å²) in [6.07, 6.45) is 1.69. The van der Waals surface area contributed by atoms with Crippen molar-refractivity contribution < 1.29 is 13.2 Å². The third-order valence-electron chi connectivity index (χ3n) is 3.82. The number of piperidine rings is 1. The monoisotopic (exact) mass is 347 g/mol. The van der Waals surface area contributed by atoms with E-state index in [2.05, 4.69) is 5.32 Å². The van der Waals surface area contributed by atoms with Crippen LogP contribution < -0.4 is 11.1 Å². The van der Waals surface area contributed by atoms with E-state index in [0.717, 1.165) is 19.4 Å². The molecule has 1 aromatic carbocycles. The Kier molecular flexibility index (Phi) is 6.80. The van der Waals surface area contributed by atoms with Crippen LogP contribution in [0.4, 0.5) is 0 Å². The molecule has 3 N–H and O–H groups in total. The fourth-order valence-corrected chi connectivity index (χ4v) is 4.12. The molecule has 1 saturated heterocycles. The van der Waals surface area contributed by atoms with Crippen LogP contribution in [0.25, 0.3) is 0 Å². The van der Waals surface area contributed by atoms with Crippen LogP contribution in [-0.4, -0.2) is 45.3 Å². The van der Waals surface area contributed by atoms with Crippen molar-refractivity contribution in [3.63, 3.8) is 0 Å². The van der Waals surface area contributed by atoms with Crippen molar-refractivity contribution in [2.75, 3.05) is 26.7 Å². The van der Waals surface area contributed by atoms with E-state index in [9.17, 15) is 13.2 Å². The number of halogens is 1. The summed E-state index contributed by atoms with van der Waals surface area (Å²) in [5.74, 6) is -0.113. The maximum absolute atomic E-state index is 12.6. The lowest BCUT2D eigenvalue weighted by molar-refractivity contribution is 0.1000. The number of primary amides is 1. The average Bonchev–Trinajstić information content (AvgIpc) is 2.48. The molecule has 0 aliphatic carbocycles. The Hall–Kier alpha value is -1.15. The van der Waals surface area contributed by atoms with Gasteiger partial charge in [0.25, 0.3) is 0 Å². The van der Waals surface area contributed by atoms with Gasteiger partial charge in [0.2, 0.25) is 15.9 Å². The number of nitrogens with two attached hydrogens (primary N) is 1. The molecule has 0 aromatic heterocycles. The molecule has 1 aliphatic heterocycles. The van der Waals surface area contributed by atoms with Crippen LogP contribution in [-0.2, 0) is 10.0 Å². The van der Waals surface area contributed by atoms with Gasteiger partial charge >= 0.3 is 0 Å². The van der Waals surface area contributed by atoms with Crippen LogP contribution in [0.1, 0.15) is 23.2 Å². The van der Waals surface area contributed by atoms with Crippen molar-refractivity contribution in [3.8, 4) is 0 Å². The summed E-state index contributed by atoms with van der Waals surface area (Å²) in [6, 6.07) is 5.90. The van der Waals surface area contributed by atoms with Gasteiger partial charge in [-0.25, -0.2) is 8.42 Å². The Labute approximate surface area is 137 Å². The Balaban J connectivity index is 0.00000242. The van der Waals surface area contributed by atoms with Crippen LogP contribution in [0.15, 0.2) is 29.2 Å². The summed E-state index contributed by atoms with van der Waals surface area (Å²) < 4.78 is 26.7. The molecule has 0 spiro atoms. The van der Waals surface area contributed by atoms with Crippen LogP contribution in [0.5, 0.6) is 0 Å². The van der Waals surface area contributed by atoms with Crippen molar-refractivity contribution in [2.45, 2.75) is 17.7 Å². The van der Waals surface area contributed by atoms with E-state index < -0.39 is 15.9 Å². The number of carbonyl (C=O) groups excluding carboxylic acids is 1. The Bertz CT molecular complexity index is 614. The van der Waals surface area contributed by atoms with Crippen LogP contribution in [0, 0.1) is 5.92 Å². The molecule has 2 rings (SSSR count). The topological polar surface area (TPSA) is 92.5 Å². The smallest absolute Gasteiger partial charge is 0.248 e. The molecule has 0 saturated carbocycles. The number of nitrogens with one attached hydrogen (secondary N) is 1. The highest BCUT2D eigenvalue weighted by Gasteiger charge is 2.29. The van der Waals surface area contributed by atoms with Crippen molar-refractivity contribution in [1.82, 2.24) is 9.62 Å². The highest BCUT2D eigenvalue weighted by molar-refractivity contribution is 7.89. The molecule has 1 amide bonds. The van der Waals surface area contributed by atoms with E-state index in [1.165, 1.54) is 22.5 Å². The molecule has 0 unspecified atom stereocenters. The Morgan fingerprint density at radius 2 is 2.00 bits per heavy atom. The van der Waals surface area contributed by atoms with Gasteiger partial charge in [0.15, 0.2) is 0 Å². The zero-order valence-corrected chi connectivity index (χ0v) is 14.1. The van der Waals surface area contributed by atoms with E-state index in [-0.39, 0.29) is 22.9 Å². The van der Waals surface area contributed by atoms with E-state index >= 15 is 0 Å². The summed E-state index contributed by atoms with van der Waals surface area (Å²) in [7, 11) is -1.65. The first kappa shape index (κ1) is 18.9. The van der Waals surface area contributed by atoms with Crippen molar-refractivity contribution in [3.05, 3.63) is 29.8 Å². The predicted molar refractivity (Wildman–Crippen MR) is 87.6 cm³/mol. The molecule has 124 valence electrons. The second kappa shape index (κ2) is 7.92. The molecule has 1 heterocycles. The summed E-state index contributed by atoms with van der Waals surface area (Å²) in [6.45, 7) is 1.93. The number of carbonyl (C=O) groups is 1. The van der Waals surface area contributed by atoms with E-state index in [1.807, 2.05) is 7.05 Å². The van der Waals surface area contributed by atoms with Crippen molar-refractivity contribution in [1.29, 1.82) is 0 Å². The molecule has 1 aliphatic rings. The van der Waals surface area contributed by atoms with Gasteiger partial charge in [-0.3, -0.25) is 4.79 Å². The average molecular weight is 348 g/mol. The third-order valence-corrected chi connectivity index (χ3v) is 5.72. The maximum atomic E-state index is 12.6. The van der Waals surface area contributed by atoms with Gasteiger partial charge < -0.3 is 11.1 Å². The van der Waals surface area contributed by atoms with Gasteiger partial charge in [-0.05, 0) is 50.6 Å². The van der Waals surface area contributed by atoms with Gasteiger partial charge in [0, 0.05) is 18.7 Å². The molecule has 6 nitrogen and oxygen atoms in total. The normalized spacial score (nSPS) is 17.0. The first-order chi connectivity index (χ1) is 9.95. The Morgan fingerprint density at radius 3 is 2.55 bits per heavy atom. The highest BCUT2D eigenvalue weighted by atomic mass is 35.5. The van der Waals surface area contributed by atoms with Crippen LogP contribution >= 0.6 is 12.4 Å². The maximum Gasteiger partial charge on any atom is 0.248 e. The summed E-state index contributed by atoms with van der Waals surface area (Å²) >= 11 is 0. The second-order valence-corrected chi connectivity index (χ2v) is 7.24. The minimum absolute atomic E-state index is 0. The fraction of sp³-hybridized carbons (Fsp3) is 0.500. The van der Waals surface area contributed by atoms with Crippen molar-refractivity contribution >= 4 is 28.3 Å². The number of rotatable bonds is 5. The van der Waals surface area contributed by atoms with Gasteiger partial charge in [0.1, 0.15) is 0 Å². The predicted octanol–water partition coefficient (Wildman–Crippen LogP) is 0.827. The fourth-order valence-electron chi connectivity index (χ4n) is 2.60. The van der Waals surface area contributed by atoms with Crippen LogP contribution in [0.3, 0.4) is 0 Å². The highest BCUT2D eigenvalue weighted by Crippen LogP contribution is 2.23. The number of nitrogens with zero attached hydrogens (tertiary/aromatic N) is 1. The lowest BCUT2D eigenvalue weighted by Gasteiger charge is -2.31. The van der Waals surface area contributed by atoms with Gasteiger partial charge in [-0.15, -0.1) is 12.4 Å². The minimum atomic E-state index is -3.55. The lowest BCUT2D eigenvalue weighted by Crippen LogP contribution is -2.40. The third kappa shape index (κ3) is 4.19. The van der Waals surface area contributed by atoms with Gasteiger partial charge in [0.05, 0.1) is 4.90 Å². The zero-order valence-electron chi connectivity index (χ0n) is 12.5. The lowest BCUT2D eigenvalue weighted by atomic mass is 9.98. The zero-order chi connectivity index (χ0) is 15.5. The van der Waals surface area contributed by atoms with Crippen LogP contribution in [0.2, 0.25) is 0 Å². The summed E-state index contributed by atoms with van der Waals surface area (Å²) in [5.41, 5.74) is 5.41. The molecular formula is C14H22ClN3O3S. The first-order valence-electron chi connectivity index (χ1n) is 6.99. The molecule has 22 heavy (non-hydrogen) atoms. The van der Waals surface area contributed by atoms with E-state index in [4.69, 9.17) is 5.73 Å². The number of hydrogen-bond donors (Lipinski definition) is 2. The molecule has 1 fully saturated rings. The number of hydrogen-bond acceptors (Lipinski definition) is 4. The molecule has 0 radical (unpaired) electrons. The summed E-state index contributed by atoms with van der Waals surface area (Å²) in [4.78, 5) is 11.3. The quantitative estimate of drug-likeness (QED) is 0.825. The van der Waals surface area contributed by atoms with E-state index in [0.29, 0.717) is 19.0 Å². The van der Waals surface area contributed by atoms with E-state index in [1.54, 1.807) is 6.07 Å². The molecule has 0 bridgehead atoms. The molecule has 0 atom stereocenters. The number of sulfonamides is 1. The molecule has 8 heteroatoms. The van der Waals surface area contributed by atoms with Gasteiger partial charge in [-0.1, -0.05) is 6.07 Å². The molecular weight excluding hydrogens is 326 g/mol. The Morgan fingerprint density at radius 1 is 1.36 bits per heavy atom. The van der Waals surface area contributed by atoms with Gasteiger partial charge in [-0.2, -0.15) is 4.31 Å². The SMILES string of the molecule is CNCC1CCN(S(=O)(=O)c2cccc(C(N)=O)c2)CC1.Cl. The standard InChI is InChI=1S/C14H21N3O3S.ClH/c1-16-10-11-5-7-17(8-6-11)21(19,20)13-4-2-3-12(9-13)14(15)18;/h2-4,9,11,16H,5-8,10H2,1H3,(H2,15,18);1H. The van der Waals surface area contributed by atoms with Crippen molar-refractivity contribution in [2.24, 2.45) is 11.7 Å². The molecule has 1 aromatic rings. The first-order valence-corrected chi connectivity index (χ1v) is 8.44. The largest absolute Gasteiger partial charge is 0.366 e.